The minimum absolute atomic E-state index is 0.673. The molecule has 0 aliphatic rings. The minimum Gasteiger partial charge on any atom is -0.497 e. The molecule has 1 aromatic rings. The van der Waals surface area contributed by atoms with Gasteiger partial charge in [-0.15, -0.1) is 0 Å². The van der Waals surface area contributed by atoms with Gasteiger partial charge in [0, 0.05) is 6.54 Å². The van der Waals surface area contributed by atoms with E-state index in [0.717, 1.165) is 35.0 Å². The molecule has 1 rings (SSSR count). The maximum absolute atomic E-state index is 5.70. The van der Waals surface area contributed by atoms with Crippen LogP contribution in [0.2, 0.25) is 0 Å². The molecule has 0 fully saturated rings. The van der Waals surface area contributed by atoms with E-state index in [4.69, 9.17) is 9.47 Å². The largest absolute Gasteiger partial charge is 0.497 e. The molecule has 0 spiro atoms. The van der Waals surface area contributed by atoms with Crippen molar-refractivity contribution in [3.8, 4) is 11.5 Å². The van der Waals surface area contributed by atoms with Crippen molar-refractivity contribution in [2.24, 2.45) is 5.92 Å². The van der Waals surface area contributed by atoms with Gasteiger partial charge < -0.3 is 14.8 Å². The fraction of sp³-hybridized carbons (Fsp3) is 0.600. The van der Waals surface area contributed by atoms with Crippen LogP contribution in [0.25, 0.3) is 0 Å². The molecule has 19 heavy (non-hydrogen) atoms. The Kier molecular flexibility index (Phi) is 7.91. The quantitative estimate of drug-likeness (QED) is 0.698. The summed E-state index contributed by atoms with van der Waals surface area (Å²) >= 11 is 3.47. The van der Waals surface area contributed by atoms with Crippen LogP contribution < -0.4 is 14.8 Å². The van der Waals surface area contributed by atoms with E-state index in [1.165, 1.54) is 12.8 Å². The number of methoxy groups -OCH3 is 1. The summed E-state index contributed by atoms with van der Waals surface area (Å²) in [5.41, 5.74) is 0. The van der Waals surface area contributed by atoms with E-state index in [-0.39, 0.29) is 0 Å². The molecule has 0 saturated carbocycles. The topological polar surface area (TPSA) is 30.5 Å². The number of hydrogen-bond acceptors (Lipinski definition) is 3. The molecule has 0 bridgehead atoms. The molecule has 3 nitrogen and oxygen atoms in total. The zero-order valence-corrected chi connectivity index (χ0v) is 13.6. The first kappa shape index (κ1) is 16.3. The van der Waals surface area contributed by atoms with Crippen LogP contribution in [0.5, 0.6) is 11.5 Å². The summed E-state index contributed by atoms with van der Waals surface area (Å²) < 4.78 is 11.8. The molecular weight excluding hydrogens is 306 g/mol. The van der Waals surface area contributed by atoms with Gasteiger partial charge in [0.15, 0.2) is 0 Å². The summed E-state index contributed by atoms with van der Waals surface area (Å²) in [6, 6.07) is 5.73. The highest BCUT2D eigenvalue weighted by Crippen LogP contribution is 2.28. The standard InChI is InChI=1S/C15H24BrNO2/c1-12(2)5-4-8-17-9-10-19-15-7-6-13(18-3)11-14(15)16/h6-7,11-12,17H,4-5,8-10H2,1-3H3. The van der Waals surface area contributed by atoms with Gasteiger partial charge in [0.25, 0.3) is 0 Å². The number of benzene rings is 1. The zero-order chi connectivity index (χ0) is 14.1. The molecule has 0 unspecified atom stereocenters. The highest BCUT2D eigenvalue weighted by Gasteiger charge is 2.02. The maximum Gasteiger partial charge on any atom is 0.133 e. The van der Waals surface area contributed by atoms with Gasteiger partial charge in [-0.25, -0.2) is 0 Å². The zero-order valence-electron chi connectivity index (χ0n) is 12.0. The van der Waals surface area contributed by atoms with Gasteiger partial charge in [0.1, 0.15) is 18.1 Å². The molecule has 108 valence electrons. The fourth-order valence-corrected chi connectivity index (χ4v) is 2.19. The first-order valence-corrected chi connectivity index (χ1v) is 7.60. The molecule has 0 aliphatic heterocycles. The lowest BCUT2D eigenvalue weighted by Crippen LogP contribution is -2.22. The van der Waals surface area contributed by atoms with E-state index >= 15 is 0 Å². The summed E-state index contributed by atoms with van der Waals surface area (Å²) in [5.74, 6) is 2.46. The lowest BCUT2D eigenvalue weighted by molar-refractivity contribution is 0.310. The summed E-state index contributed by atoms with van der Waals surface area (Å²) in [6.45, 7) is 7.11. The lowest BCUT2D eigenvalue weighted by Gasteiger charge is -2.10. The minimum atomic E-state index is 0.673. The van der Waals surface area contributed by atoms with Crippen molar-refractivity contribution in [3.63, 3.8) is 0 Å². The molecule has 0 radical (unpaired) electrons. The van der Waals surface area contributed by atoms with Crippen LogP contribution in [0.4, 0.5) is 0 Å². The molecule has 0 aromatic heterocycles. The van der Waals surface area contributed by atoms with Gasteiger partial charge in [-0.2, -0.15) is 0 Å². The van der Waals surface area contributed by atoms with Gasteiger partial charge >= 0.3 is 0 Å². The SMILES string of the molecule is COc1ccc(OCCNCCCC(C)C)c(Br)c1. The van der Waals surface area contributed by atoms with Gasteiger partial charge in [0.2, 0.25) is 0 Å². The van der Waals surface area contributed by atoms with E-state index in [2.05, 4.69) is 35.1 Å². The third kappa shape index (κ3) is 6.83. The van der Waals surface area contributed by atoms with E-state index < -0.39 is 0 Å². The molecule has 0 amide bonds. The average Bonchev–Trinajstić information content (AvgIpc) is 2.38. The summed E-state index contributed by atoms with van der Waals surface area (Å²) in [4.78, 5) is 0. The summed E-state index contributed by atoms with van der Waals surface area (Å²) in [7, 11) is 1.66. The van der Waals surface area contributed by atoms with Crippen molar-refractivity contribution < 1.29 is 9.47 Å². The molecule has 0 heterocycles. The van der Waals surface area contributed by atoms with Crippen LogP contribution in [0.3, 0.4) is 0 Å². The number of rotatable bonds is 9. The number of ether oxygens (including phenoxy) is 2. The number of hydrogen-bond donors (Lipinski definition) is 1. The van der Waals surface area contributed by atoms with Crippen molar-refractivity contribution >= 4 is 15.9 Å². The second kappa shape index (κ2) is 9.21. The summed E-state index contributed by atoms with van der Waals surface area (Å²) in [6.07, 6.45) is 2.50. The Labute approximate surface area is 124 Å². The van der Waals surface area contributed by atoms with E-state index in [1.807, 2.05) is 18.2 Å². The summed E-state index contributed by atoms with van der Waals surface area (Å²) in [5, 5.41) is 3.39. The third-order valence-corrected chi connectivity index (χ3v) is 3.43. The number of nitrogens with one attached hydrogen (secondary N) is 1. The second-order valence-corrected chi connectivity index (χ2v) is 5.79. The van der Waals surface area contributed by atoms with Crippen molar-refractivity contribution in [2.75, 3.05) is 26.8 Å². The Hall–Kier alpha value is -0.740. The monoisotopic (exact) mass is 329 g/mol. The molecular formula is C15H24BrNO2. The Morgan fingerprint density at radius 2 is 2.05 bits per heavy atom. The smallest absolute Gasteiger partial charge is 0.133 e. The van der Waals surface area contributed by atoms with Gasteiger partial charge in [-0.05, 0) is 59.4 Å². The van der Waals surface area contributed by atoms with Crippen LogP contribution in [-0.2, 0) is 0 Å². The van der Waals surface area contributed by atoms with Crippen molar-refractivity contribution in [3.05, 3.63) is 22.7 Å². The third-order valence-electron chi connectivity index (χ3n) is 2.81. The first-order chi connectivity index (χ1) is 9.13. The van der Waals surface area contributed by atoms with E-state index in [0.29, 0.717) is 6.61 Å². The van der Waals surface area contributed by atoms with Crippen LogP contribution in [-0.4, -0.2) is 26.8 Å². The van der Waals surface area contributed by atoms with Crippen molar-refractivity contribution in [1.82, 2.24) is 5.32 Å². The predicted octanol–water partition coefficient (Wildman–Crippen LogP) is 3.86. The molecule has 4 heteroatoms. The highest BCUT2D eigenvalue weighted by atomic mass is 79.9. The van der Waals surface area contributed by atoms with Gasteiger partial charge in [0.05, 0.1) is 11.6 Å². The molecule has 0 atom stereocenters. The van der Waals surface area contributed by atoms with Crippen LogP contribution in [0.1, 0.15) is 26.7 Å². The Morgan fingerprint density at radius 1 is 1.26 bits per heavy atom. The fourth-order valence-electron chi connectivity index (χ4n) is 1.72. The van der Waals surface area contributed by atoms with Gasteiger partial charge in [-0.1, -0.05) is 13.8 Å². The van der Waals surface area contributed by atoms with Crippen LogP contribution in [0.15, 0.2) is 22.7 Å². The maximum atomic E-state index is 5.70. The normalized spacial score (nSPS) is 10.8. The lowest BCUT2D eigenvalue weighted by atomic mass is 10.1. The molecule has 1 N–H and O–H groups in total. The average molecular weight is 330 g/mol. The highest BCUT2D eigenvalue weighted by molar-refractivity contribution is 9.10. The molecule has 0 saturated heterocycles. The van der Waals surface area contributed by atoms with Crippen LogP contribution in [0, 0.1) is 5.92 Å². The van der Waals surface area contributed by atoms with Gasteiger partial charge in [-0.3, -0.25) is 0 Å². The predicted molar refractivity (Wildman–Crippen MR) is 83.1 cm³/mol. The Bertz CT molecular complexity index is 369. The number of halogens is 1. The molecule has 1 aromatic carbocycles. The van der Waals surface area contributed by atoms with Crippen molar-refractivity contribution in [2.45, 2.75) is 26.7 Å². The Balaban J connectivity index is 2.15. The van der Waals surface area contributed by atoms with E-state index in [9.17, 15) is 0 Å². The van der Waals surface area contributed by atoms with E-state index in [1.54, 1.807) is 7.11 Å². The van der Waals surface area contributed by atoms with Crippen LogP contribution >= 0.6 is 15.9 Å². The second-order valence-electron chi connectivity index (χ2n) is 4.93. The Morgan fingerprint density at radius 3 is 2.68 bits per heavy atom. The molecule has 0 aliphatic carbocycles. The van der Waals surface area contributed by atoms with Crippen molar-refractivity contribution in [1.29, 1.82) is 0 Å². The first-order valence-electron chi connectivity index (χ1n) is 6.80.